The van der Waals surface area contributed by atoms with E-state index < -0.39 is 17.7 Å². The van der Waals surface area contributed by atoms with E-state index in [0.717, 1.165) is 12.1 Å². The Morgan fingerprint density at radius 3 is 2.65 bits per heavy atom. The molecule has 3 nitrogen and oxygen atoms in total. The number of aryl methyl sites for hydroxylation is 1. The number of hydrogen-bond acceptors (Lipinski definition) is 2. The van der Waals surface area contributed by atoms with E-state index in [-0.39, 0.29) is 0 Å². The molecule has 2 aromatic rings. The van der Waals surface area contributed by atoms with Crippen LogP contribution in [0.3, 0.4) is 0 Å². The standard InChI is InChI=1S/C12H12F2N2O/c1-2-16-7-9(6-15-16)12(17)8-3-4-10(13)11(14)5-8/h3-7,12,17H,2H2,1H3. The van der Waals surface area contributed by atoms with E-state index in [9.17, 15) is 13.9 Å². The smallest absolute Gasteiger partial charge is 0.159 e. The number of rotatable bonds is 3. The van der Waals surface area contributed by atoms with Gasteiger partial charge < -0.3 is 5.11 Å². The summed E-state index contributed by atoms with van der Waals surface area (Å²) < 4.78 is 27.4. The molecular weight excluding hydrogens is 226 g/mol. The summed E-state index contributed by atoms with van der Waals surface area (Å²) in [6.45, 7) is 2.60. The molecule has 0 saturated carbocycles. The Bertz CT molecular complexity index is 525. The van der Waals surface area contributed by atoms with Gasteiger partial charge in [-0.2, -0.15) is 5.10 Å². The van der Waals surface area contributed by atoms with Gasteiger partial charge in [0.25, 0.3) is 0 Å². The molecule has 1 aromatic carbocycles. The maximum Gasteiger partial charge on any atom is 0.159 e. The quantitative estimate of drug-likeness (QED) is 0.890. The molecule has 17 heavy (non-hydrogen) atoms. The van der Waals surface area contributed by atoms with Crippen LogP contribution in [0.15, 0.2) is 30.6 Å². The second-order valence-corrected chi connectivity index (χ2v) is 3.71. The molecule has 5 heteroatoms. The van der Waals surface area contributed by atoms with Crippen molar-refractivity contribution >= 4 is 0 Å². The largest absolute Gasteiger partial charge is 0.384 e. The van der Waals surface area contributed by atoms with Crippen molar-refractivity contribution in [2.24, 2.45) is 0 Å². The predicted octanol–water partition coefficient (Wildman–Crippen LogP) is 2.26. The molecule has 1 aromatic heterocycles. The maximum atomic E-state index is 13.0. The zero-order valence-corrected chi connectivity index (χ0v) is 9.27. The Hall–Kier alpha value is -1.75. The minimum absolute atomic E-state index is 0.305. The first-order valence-corrected chi connectivity index (χ1v) is 5.27. The van der Waals surface area contributed by atoms with E-state index in [1.807, 2.05) is 6.92 Å². The highest BCUT2D eigenvalue weighted by Crippen LogP contribution is 2.22. The molecule has 0 amide bonds. The number of halogens is 2. The first-order valence-electron chi connectivity index (χ1n) is 5.27. The van der Waals surface area contributed by atoms with Crippen LogP contribution < -0.4 is 0 Å². The summed E-state index contributed by atoms with van der Waals surface area (Å²) in [6, 6.07) is 3.34. The molecular formula is C12H12F2N2O. The molecule has 0 fully saturated rings. The molecule has 0 bridgehead atoms. The third kappa shape index (κ3) is 2.34. The molecule has 1 atom stereocenters. The average molecular weight is 238 g/mol. The van der Waals surface area contributed by atoms with E-state index >= 15 is 0 Å². The van der Waals surface area contributed by atoms with Gasteiger partial charge in [-0.25, -0.2) is 8.78 Å². The highest BCUT2D eigenvalue weighted by Gasteiger charge is 2.14. The van der Waals surface area contributed by atoms with Crippen LogP contribution in [-0.4, -0.2) is 14.9 Å². The molecule has 0 aliphatic heterocycles. The topological polar surface area (TPSA) is 38.0 Å². The van der Waals surface area contributed by atoms with Crippen LogP contribution in [0, 0.1) is 11.6 Å². The molecule has 1 unspecified atom stereocenters. The minimum Gasteiger partial charge on any atom is -0.384 e. The lowest BCUT2D eigenvalue weighted by molar-refractivity contribution is 0.219. The van der Waals surface area contributed by atoms with Gasteiger partial charge in [-0.1, -0.05) is 6.07 Å². The fourth-order valence-electron chi connectivity index (χ4n) is 1.57. The summed E-state index contributed by atoms with van der Waals surface area (Å²) in [5.74, 6) is -1.89. The summed E-state index contributed by atoms with van der Waals surface area (Å²) >= 11 is 0. The molecule has 1 heterocycles. The molecule has 0 radical (unpaired) electrons. The summed E-state index contributed by atoms with van der Waals surface area (Å²) in [4.78, 5) is 0. The Kier molecular flexibility index (Phi) is 3.19. The Labute approximate surface area is 97.3 Å². The number of aliphatic hydroxyl groups is 1. The van der Waals surface area contributed by atoms with Crippen molar-refractivity contribution in [2.75, 3.05) is 0 Å². The predicted molar refractivity (Wildman–Crippen MR) is 58.3 cm³/mol. The van der Waals surface area contributed by atoms with Gasteiger partial charge in [0, 0.05) is 18.3 Å². The van der Waals surface area contributed by atoms with Gasteiger partial charge >= 0.3 is 0 Å². The van der Waals surface area contributed by atoms with Gasteiger partial charge in [-0.3, -0.25) is 4.68 Å². The molecule has 0 spiro atoms. The number of nitrogens with zero attached hydrogens (tertiary/aromatic N) is 2. The van der Waals surface area contributed by atoms with Gasteiger partial charge in [0.1, 0.15) is 6.10 Å². The first-order chi connectivity index (χ1) is 8.11. The Morgan fingerprint density at radius 2 is 2.06 bits per heavy atom. The summed E-state index contributed by atoms with van der Waals surface area (Å²) in [5.41, 5.74) is 0.859. The molecule has 0 aliphatic carbocycles. The average Bonchev–Trinajstić information content (AvgIpc) is 2.80. The molecule has 2 rings (SSSR count). The van der Waals surface area contributed by atoms with E-state index in [0.29, 0.717) is 17.7 Å². The van der Waals surface area contributed by atoms with Crippen molar-refractivity contribution in [3.05, 3.63) is 53.4 Å². The molecule has 1 N–H and O–H groups in total. The van der Waals surface area contributed by atoms with Crippen molar-refractivity contribution in [2.45, 2.75) is 19.6 Å². The van der Waals surface area contributed by atoms with Crippen molar-refractivity contribution in [1.29, 1.82) is 0 Å². The van der Waals surface area contributed by atoms with Crippen molar-refractivity contribution in [3.63, 3.8) is 0 Å². The molecule has 0 aliphatic rings. The van der Waals surface area contributed by atoms with Crippen molar-refractivity contribution < 1.29 is 13.9 Å². The van der Waals surface area contributed by atoms with E-state index in [1.54, 1.807) is 10.9 Å². The summed E-state index contributed by atoms with van der Waals surface area (Å²) in [5, 5.41) is 14.0. The minimum atomic E-state index is -0.995. The summed E-state index contributed by atoms with van der Waals surface area (Å²) in [6.07, 6.45) is 2.19. The number of benzene rings is 1. The van der Waals surface area contributed by atoms with Crippen LogP contribution in [-0.2, 0) is 6.54 Å². The van der Waals surface area contributed by atoms with E-state index in [4.69, 9.17) is 0 Å². The monoisotopic (exact) mass is 238 g/mol. The zero-order chi connectivity index (χ0) is 12.4. The maximum absolute atomic E-state index is 13.0. The van der Waals surface area contributed by atoms with Crippen LogP contribution >= 0.6 is 0 Å². The third-order valence-electron chi connectivity index (χ3n) is 2.55. The van der Waals surface area contributed by atoms with Gasteiger partial charge in [-0.05, 0) is 24.6 Å². The van der Waals surface area contributed by atoms with E-state index in [1.165, 1.54) is 12.3 Å². The molecule has 90 valence electrons. The Balaban J connectivity index is 2.29. The van der Waals surface area contributed by atoms with Crippen molar-refractivity contribution in [3.8, 4) is 0 Å². The number of aliphatic hydroxyl groups excluding tert-OH is 1. The number of aromatic nitrogens is 2. The lowest BCUT2D eigenvalue weighted by Crippen LogP contribution is -2.00. The second-order valence-electron chi connectivity index (χ2n) is 3.71. The van der Waals surface area contributed by atoms with Gasteiger partial charge in [0.15, 0.2) is 11.6 Å². The fraction of sp³-hybridized carbons (Fsp3) is 0.250. The fourth-order valence-corrected chi connectivity index (χ4v) is 1.57. The Morgan fingerprint density at radius 1 is 1.29 bits per heavy atom. The summed E-state index contributed by atoms with van der Waals surface area (Å²) in [7, 11) is 0. The van der Waals surface area contributed by atoms with Crippen LogP contribution in [0.1, 0.15) is 24.2 Å². The lowest BCUT2D eigenvalue weighted by atomic mass is 10.0. The van der Waals surface area contributed by atoms with Crippen LogP contribution in [0.4, 0.5) is 8.78 Å². The third-order valence-corrected chi connectivity index (χ3v) is 2.55. The van der Waals surface area contributed by atoms with Crippen LogP contribution in [0.5, 0.6) is 0 Å². The SMILES string of the molecule is CCn1cc(C(O)c2ccc(F)c(F)c2)cn1. The van der Waals surface area contributed by atoms with Gasteiger partial charge in [0.2, 0.25) is 0 Å². The highest BCUT2D eigenvalue weighted by molar-refractivity contribution is 5.27. The lowest BCUT2D eigenvalue weighted by Gasteiger charge is -2.08. The van der Waals surface area contributed by atoms with E-state index in [2.05, 4.69) is 5.10 Å². The zero-order valence-electron chi connectivity index (χ0n) is 9.27. The van der Waals surface area contributed by atoms with Gasteiger partial charge in [-0.15, -0.1) is 0 Å². The van der Waals surface area contributed by atoms with Crippen molar-refractivity contribution in [1.82, 2.24) is 9.78 Å². The molecule has 0 saturated heterocycles. The second kappa shape index (κ2) is 4.63. The first kappa shape index (κ1) is 11.7. The number of hydrogen-bond donors (Lipinski definition) is 1. The van der Waals surface area contributed by atoms with Crippen LogP contribution in [0.2, 0.25) is 0 Å². The highest BCUT2D eigenvalue weighted by atomic mass is 19.2. The van der Waals surface area contributed by atoms with Crippen LogP contribution in [0.25, 0.3) is 0 Å². The normalized spacial score (nSPS) is 12.7. The van der Waals surface area contributed by atoms with Gasteiger partial charge in [0.05, 0.1) is 6.20 Å².